The highest BCUT2D eigenvalue weighted by atomic mass is 15.1. The van der Waals surface area contributed by atoms with Crippen molar-refractivity contribution in [3.63, 3.8) is 0 Å². The topological polar surface area (TPSA) is 3.24 Å². The molecule has 0 aliphatic heterocycles. The Morgan fingerprint density at radius 3 is 2.00 bits per heavy atom. The summed E-state index contributed by atoms with van der Waals surface area (Å²) in [5.74, 6) is 0.793. The Morgan fingerprint density at radius 1 is 1.08 bits per heavy atom. The third-order valence-electron chi connectivity index (χ3n) is 2.50. The molecule has 0 radical (unpaired) electrons. The molecule has 1 unspecified atom stereocenters. The van der Waals surface area contributed by atoms with Crippen molar-refractivity contribution in [1.29, 1.82) is 0 Å². The Balaban J connectivity index is 3.90. The van der Waals surface area contributed by atoms with Gasteiger partial charge in [0, 0.05) is 6.04 Å². The number of nitrogens with zero attached hydrogens (tertiary/aromatic N) is 1. The largest absolute Gasteiger partial charge is 0.303 e. The van der Waals surface area contributed by atoms with Crippen LogP contribution in [0.2, 0.25) is 0 Å². The molecule has 0 N–H and O–H groups in total. The Hall–Kier alpha value is -0.0400. The molecule has 12 heavy (non-hydrogen) atoms. The van der Waals surface area contributed by atoms with Crippen molar-refractivity contribution in [2.24, 2.45) is 5.92 Å². The van der Waals surface area contributed by atoms with E-state index in [0.717, 1.165) is 12.0 Å². The predicted molar refractivity (Wildman–Crippen MR) is 56.5 cm³/mol. The van der Waals surface area contributed by atoms with Crippen LogP contribution in [0.4, 0.5) is 0 Å². The van der Waals surface area contributed by atoms with Crippen LogP contribution in [0, 0.1) is 5.92 Å². The molecule has 0 aromatic carbocycles. The zero-order chi connectivity index (χ0) is 9.56. The molecule has 0 saturated carbocycles. The van der Waals surface area contributed by atoms with Crippen LogP contribution in [0.1, 0.15) is 47.0 Å². The zero-order valence-electron chi connectivity index (χ0n) is 9.43. The molecule has 0 rings (SSSR count). The number of hydrogen-bond donors (Lipinski definition) is 0. The number of hydrogen-bond acceptors (Lipinski definition) is 1. The van der Waals surface area contributed by atoms with Gasteiger partial charge >= 0.3 is 0 Å². The average Bonchev–Trinajstić information content (AvgIpc) is 1.99. The van der Waals surface area contributed by atoms with E-state index in [9.17, 15) is 0 Å². The smallest absolute Gasteiger partial charge is 0.0115 e. The summed E-state index contributed by atoms with van der Waals surface area (Å²) in [6.07, 6.45) is 3.91. The first-order valence-electron chi connectivity index (χ1n) is 5.33. The van der Waals surface area contributed by atoms with Crippen LogP contribution in [0.15, 0.2) is 0 Å². The maximum absolute atomic E-state index is 2.51. The van der Waals surface area contributed by atoms with Gasteiger partial charge in [0.2, 0.25) is 0 Å². The first-order valence-corrected chi connectivity index (χ1v) is 5.33. The van der Waals surface area contributed by atoms with Crippen molar-refractivity contribution in [2.75, 3.05) is 13.6 Å². The van der Waals surface area contributed by atoms with Gasteiger partial charge in [0.15, 0.2) is 0 Å². The fourth-order valence-electron chi connectivity index (χ4n) is 1.88. The lowest BCUT2D eigenvalue weighted by molar-refractivity contribution is 0.180. The van der Waals surface area contributed by atoms with Crippen molar-refractivity contribution in [1.82, 2.24) is 4.90 Å². The minimum atomic E-state index is 0.787. The van der Waals surface area contributed by atoms with Crippen molar-refractivity contribution in [3.05, 3.63) is 0 Å². The second kappa shape index (κ2) is 6.47. The first kappa shape index (κ1) is 12.0. The molecule has 0 bridgehead atoms. The van der Waals surface area contributed by atoms with Crippen molar-refractivity contribution in [2.45, 2.75) is 53.0 Å². The fourth-order valence-corrected chi connectivity index (χ4v) is 1.88. The summed E-state index contributed by atoms with van der Waals surface area (Å²) in [7, 11) is 2.25. The molecule has 0 fully saturated rings. The molecule has 0 aliphatic carbocycles. The summed E-state index contributed by atoms with van der Waals surface area (Å²) in [6, 6.07) is 0.787. The summed E-state index contributed by atoms with van der Waals surface area (Å²) >= 11 is 0. The highest BCUT2D eigenvalue weighted by molar-refractivity contribution is 4.71. The molecular weight excluding hydrogens is 146 g/mol. The van der Waals surface area contributed by atoms with Gasteiger partial charge in [0.25, 0.3) is 0 Å². The van der Waals surface area contributed by atoms with E-state index in [4.69, 9.17) is 0 Å². The van der Waals surface area contributed by atoms with Crippen LogP contribution in [0.5, 0.6) is 0 Å². The van der Waals surface area contributed by atoms with Crippen molar-refractivity contribution in [3.8, 4) is 0 Å². The average molecular weight is 171 g/mol. The van der Waals surface area contributed by atoms with Gasteiger partial charge in [-0.25, -0.2) is 0 Å². The molecule has 74 valence electrons. The summed E-state index contributed by atoms with van der Waals surface area (Å²) in [6.45, 7) is 10.4. The van der Waals surface area contributed by atoms with E-state index >= 15 is 0 Å². The zero-order valence-corrected chi connectivity index (χ0v) is 9.43. The lowest BCUT2D eigenvalue weighted by atomic mass is 9.98. The lowest BCUT2D eigenvalue weighted by Gasteiger charge is -2.30. The van der Waals surface area contributed by atoms with E-state index in [1.807, 2.05) is 0 Å². The monoisotopic (exact) mass is 171 g/mol. The molecule has 1 atom stereocenters. The SMILES string of the molecule is CCCC(C(C)C)N(C)CCC. The molecule has 0 aliphatic rings. The van der Waals surface area contributed by atoms with Crippen LogP contribution in [-0.2, 0) is 0 Å². The van der Waals surface area contributed by atoms with Crippen LogP contribution < -0.4 is 0 Å². The second-order valence-electron chi connectivity index (χ2n) is 4.08. The Labute approximate surface area is 78.1 Å². The second-order valence-corrected chi connectivity index (χ2v) is 4.08. The first-order chi connectivity index (χ1) is 5.63. The summed E-state index contributed by atoms with van der Waals surface area (Å²) < 4.78 is 0. The van der Waals surface area contributed by atoms with Crippen molar-refractivity contribution >= 4 is 0 Å². The van der Waals surface area contributed by atoms with E-state index in [2.05, 4.69) is 39.6 Å². The third kappa shape index (κ3) is 4.10. The molecule has 1 nitrogen and oxygen atoms in total. The van der Waals surface area contributed by atoms with E-state index in [1.165, 1.54) is 25.8 Å². The Kier molecular flexibility index (Phi) is 6.45. The highest BCUT2D eigenvalue weighted by Crippen LogP contribution is 2.14. The van der Waals surface area contributed by atoms with E-state index < -0.39 is 0 Å². The summed E-state index contributed by atoms with van der Waals surface area (Å²) in [5, 5.41) is 0. The Morgan fingerprint density at radius 2 is 1.67 bits per heavy atom. The van der Waals surface area contributed by atoms with E-state index in [0.29, 0.717) is 0 Å². The fraction of sp³-hybridized carbons (Fsp3) is 1.00. The molecule has 0 amide bonds. The molecule has 0 saturated heterocycles. The summed E-state index contributed by atoms with van der Waals surface area (Å²) in [4.78, 5) is 2.51. The molecule has 0 spiro atoms. The molecule has 1 heteroatoms. The van der Waals surface area contributed by atoms with E-state index in [-0.39, 0.29) is 0 Å². The van der Waals surface area contributed by atoms with Crippen LogP contribution in [-0.4, -0.2) is 24.5 Å². The normalized spacial score (nSPS) is 14.2. The maximum Gasteiger partial charge on any atom is 0.0115 e. The highest BCUT2D eigenvalue weighted by Gasteiger charge is 2.16. The van der Waals surface area contributed by atoms with E-state index in [1.54, 1.807) is 0 Å². The van der Waals surface area contributed by atoms with Gasteiger partial charge in [-0.15, -0.1) is 0 Å². The van der Waals surface area contributed by atoms with Gasteiger partial charge in [0.05, 0.1) is 0 Å². The molecular formula is C11H25N. The lowest BCUT2D eigenvalue weighted by Crippen LogP contribution is -2.36. The van der Waals surface area contributed by atoms with Gasteiger partial charge in [-0.3, -0.25) is 0 Å². The Bertz CT molecular complexity index is 99.2. The molecule has 0 aromatic rings. The predicted octanol–water partition coefficient (Wildman–Crippen LogP) is 3.15. The standard InChI is InChI=1S/C11H25N/c1-6-8-11(10(3)4)12(5)9-7-2/h10-11H,6-9H2,1-5H3. The minimum absolute atomic E-state index is 0.787. The van der Waals surface area contributed by atoms with Crippen LogP contribution in [0.3, 0.4) is 0 Å². The van der Waals surface area contributed by atoms with Gasteiger partial charge < -0.3 is 4.90 Å². The van der Waals surface area contributed by atoms with Crippen LogP contribution >= 0.6 is 0 Å². The maximum atomic E-state index is 2.51. The summed E-state index contributed by atoms with van der Waals surface area (Å²) in [5.41, 5.74) is 0. The number of rotatable bonds is 6. The van der Waals surface area contributed by atoms with Gasteiger partial charge in [-0.1, -0.05) is 34.1 Å². The molecule has 0 aromatic heterocycles. The quantitative estimate of drug-likeness (QED) is 0.593. The third-order valence-corrected chi connectivity index (χ3v) is 2.50. The van der Waals surface area contributed by atoms with Crippen molar-refractivity contribution < 1.29 is 0 Å². The van der Waals surface area contributed by atoms with Crippen LogP contribution in [0.25, 0.3) is 0 Å². The van der Waals surface area contributed by atoms with Gasteiger partial charge in [-0.2, -0.15) is 0 Å². The minimum Gasteiger partial charge on any atom is -0.303 e. The van der Waals surface area contributed by atoms with Gasteiger partial charge in [0.1, 0.15) is 0 Å². The molecule has 0 heterocycles. The van der Waals surface area contributed by atoms with Gasteiger partial charge in [-0.05, 0) is 32.4 Å².